The lowest BCUT2D eigenvalue weighted by Gasteiger charge is -2.24. The molecule has 1 aromatic carbocycles. The number of nitrogens with one attached hydrogen (secondary N) is 1. The van der Waals surface area contributed by atoms with Gasteiger partial charge < -0.3 is 10.1 Å². The Labute approximate surface area is 165 Å². The van der Waals surface area contributed by atoms with Gasteiger partial charge in [0.25, 0.3) is 0 Å². The highest BCUT2D eigenvalue weighted by Gasteiger charge is 2.37. The molecule has 1 amide bonds. The highest BCUT2D eigenvalue weighted by molar-refractivity contribution is 5.89. The van der Waals surface area contributed by atoms with E-state index in [-0.39, 0.29) is 29.7 Å². The monoisotopic (exact) mass is 386 g/mol. The predicted octanol–water partition coefficient (Wildman–Crippen LogP) is 4.89. The summed E-state index contributed by atoms with van der Waals surface area (Å²) in [5, 5.41) is 3.13. The van der Waals surface area contributed by atoms with Crippen molar-refractivity contribution in [3.05, 3.63) is 47.4 Å². The first-order chi connectivity index (χ1) is 13.3. The SMILES string of the molecule is CC(C)c1ccc(C(C)Nc2nccc(N3C(=O)OCC3C(C)C)n2)c(F)c1. The number of rotatable bonds is 6. The molecule has 1 aliphatic heterocycles. The topological polar surface area (TPSA) is 67.4 Å². The van der Waals surface area contributed by atoms with Gasteiger partial charge in [0.1, 0.15) is 18.2 Å². The Morgan fingerprint density at radius 3 is 2.61 bits per heavy atom. The molecule has 0 bridgehead atoms. The van der Waals surface area contributed by atoms with Crippen LogP contribution >= 0.6 is 0 Å². The second-order valence-electron chi connectivity index (χ2n) is 7.80. The molecule has 2 atom stereocenters. The van der Waals surface area contributed by atoms with Crippen LogP contribution in [0.25, 0.3) is 0 Å². The van der Waals surface area contributed by atoms with Gasteiger partial charge in [-0.25, -0.2) is 14.2 Å². The van der Waals surface area contributed by atoms with Crippen LogP contribution in [0.1, 0.15) is 57.7 Å². The van der Waals surface area contributed by atoms with E-state index in [2.05, 4.69) is 15.3 Å². The molecular formula is C21H27FN4O2. The van der Waals surface area contributed by atoms with E-state index in [4.69, 9.17) is 4.74 Å². The molecule has 1 saturated heterocycles. The number of carbonyl (C=O) groups excluding carboxylic acids is 1. The molecule has 0 spiro atoms. The van der Waals surface area contributed by atoms with E-state index in [9.17, 15) is 9.18 Å². The largest absolute Gasteiger partial charge is 0.447 e. The van der Waals surface area contributed by atoms with Crippen molar-refractivity contribution >= 4 is 17.9 Å². The number of halogens is 1. The number of carbonyl (C=O) groups is 1. The van der Waals surface area contributed by atoms with Crippen LogP contribution in [0, 0.1) is 11.7 Å². The van der Waals surface area contributed by atoms with Crippen LogP contribution < -0.4 is 10.2 Å². The Morgan fingerprint density at radius 1 is 1.21 bits per heavy atom. The average molecular weight is 386 g/mol. The summed E-state index contributed by atoms with van der Waals surface area (Å²) < 4.78 is 19.7. The molecule has 150 valence electrons. The molecule has 3 rings (SSSR count). The molecule has 2 heterocycles. The molecule has 1 aliphatic rings. The van der Waals surface area contributed by atoms with Crippen molar-refractivity contribution in [3.63, 3.8) is 0 Å². The van der Waals surface area contributed by atoms with Crippen molar-refractivity contribution in [2.24, 2.45) is 5.92 Å². The van der Waals surface area contributed by atoms with Crippen molar-refractivity contribution in [1.82, 2.24) is 9.97 Å². The van der Waals surface area contributed by atoms with Gasteiger partial charge in [-0.05, 0) is 36.5 Å². The highest BCUT2D eigenvalue weighted by atomic mass is 19.1. The molecule has 0 radical (unpaired) electrons. The quantitative estimate of drug-likeness (QED) is 0.765. The van der Waals surface area contributed by atoms with Crippen molar-refractivity contribution in [3.8, 4) is 0 Å². The normalized spacial score (nSPS) is 17.9. The second-order valence-corrected chi connectivity index (χ2v) is 7.80. The molecule has 1 aromatic heterocycles. The summed E-state index contributed by atoms with van der Waals surface area (Å²) in [4.78, 5) is 22.4. The molecule has 0 aliphatic carbocycles. The molecule has 6 nitrogen and oxygen atoms in total. The first-order valence-corrected chi connectivity index (χ1v) is 9.62. The van der Waals surface area contributed by atoms with Gasteiger partial charge in [0.05, 0.1) is 12.1 Å². The predicted molar refractivity (Wildman–Crippen MR) is 107 cm³/mol. The van der Waals surface area contributed by atoms with Crippen molar-refractivity contribution in [2.75, 3.05) is 16.8 Å². The van der Waals surface area contributed by atoms with Gasteiger partial charge in [-0.2, -0.15) is 4.98 Å². The van der Waals surface area contributed by atoms with Crippen molar-refractivity contribution < 1.29 is 13.9 Å². The molecular weight excluding hydrogens is 359 g/mol. The number of cyclic esters (lactones) is 1. The maximum atomic E-state index is 14.5. The number of ether oxygens (including phenoxy) is 1. The van der Waals surface area contributed by atoms with E-state index < -0.39 is 6.09 Å². The van der Waals surface area contributed by atoms with Crippen LogP contribution in [0.15, 0.2) is 30.5 Å². The lowest BCUT2D eigenvalue weighted by Crippen LogP contribution is -2.37. The Morgan fingerprint density at radius 2 is 1.96 bits per heavy atom. The van der Waals surface area contributed by atoms with E-state index in [1.807, 2.05) is 40.7 Å². The number of aromatic nitrogens is 2. The number of benzene rings is 1. The molecule has 2 aromatic rings. The summed E-state index contributed by atoms with van der Waals surface area (Å²) in [6.45, 7) is 10.3. The fraction of sp³-hybridized carbons (Fsp3) is 0.476. The zero-order chi connectivity index (χ0) is 20.4. The first kappa shape index (κ1) is 20.0. The van der Waals surface area contributed by atoms with Gasteiger partial charge in [-0.15, -0.1) is 0 Å². The Kier molecular flexibility index (Phi) is 5.82. The number of anilines is 2. The Bertz CT molecular complexity index is 856. The number of nitrogens with zero attached hydrogens (tertiary/aromatic N) is 3. The second kappa shape index (κ2) is 8.12. The van der Waals surface area contributed by atoms with Crippen LogP contribution in [0.3, 0.4) is 0 Å². The van der Waals surface area contributed by atoms with Crippen LogP contribution in [-0.4, -0.2) is 28.7 Å². The third-order valence-corrected chi connectivity index (χ3v) is 5.07. The summed E-state index contributed by atoms with van der Waals surface area (Å²) in [5.41, 5.74) is 1.50. The molecule has 28 heavy (non-hydrogen) atoms. The Balaban J connectivity index is 1.80. The first-order valence-electron chi connectivity index (χ1n) is 9.62. The van der Waals surface area contributed by atoms with Crippen LogP contribution in [-0.2, 0) is 4.74 Å². The third kappa shape index (κ3) is 4.08. The van der Waals surface area contributed by atoms with Crippen LogP contribution in [0.5, 0.6) is 0 Å². The fourth-order valence-electron chi connectivity index (χ4n) is 3.27. The van der Waals surface area contributed by atoms with Crippen LogP contribution in [0.2, 0.25) is 0 Å². The molecule has 7 heteroatoms. The minimum absolute atomic E-state index is 0.0753. The lowest BCUT2D eigenvalue weighted by atomic mass is 9.99. The summed E-state index contributed by atoms with van der Waals surface area (Å²) in [5.74, 6) is 1.04. The minimum atomic E-state index is -0.410. The maximum Gasteiger partial charge on any atom is 0.415 e. The van der Waals surface area contributed by atoms with E-state index in [0.29, 0.717) is 23.9 Å². The molecule has 1 fully saturated rings. The molecule has 1 N–H and O–H groups in total. The van der Waals surface area contributed by atoms with Gasteiger partial charge >= 0.3 is 6.09 Å². The van der Waals surface area contributed by atoms with Gasteiger partial charge in [-0.3, -0.25) is 4.90 Å². The van der Waals surface area contributed by atoms with Crippen molar-refractivity contribution in [1.29, 1.82) is 0 Å². The average Bonchev–Trinajstić information content (AvgIpc) is 3.03. The van der Waals surface area contributed by atoms with E-state index >= 15 is 0 Å². The summed E-state index contributed by atoms with van der Waals surface area (Å²) in [7, 11) is 0. The van der Waals surface area contributed by atoms with Gasteiger partial charge in [0.2, 0.25) is 5.95 Å². The fourth-order valence-corrected chi connectivity index (χ4v) is 3.27. The third-order valence-electron chi connectivity index (χ3n) is 5.07. The zero-order valence-electron chi connectivity index (χ0n) is 16.9. The lowest BCUT2D eigenvalue weighted by molar-refractivity contribution is 0.177. The van der Waals surface area contributed by atoms with Gasteiger partial charge in [0, 0.05) is 11.8 Å². The summed E-state index contributed by atoms with van der Waals surface area (Å²) >= 11 is 0. The van der Waals surface area contributed by atoms with Crippen LogP contribution in [0.4, 0.5) is 21.0 Å². The number of hydrogen-bond donors (Lipinski definition) is 1. The minimum Gasteiger partial charge on any atom is -0.447 e. The molecule has 2 unspecified atom stereocenters. The maximum absolute atomic E-state index is 14.5. The smallest absolute Gasteiger partial charge is 0.415 e. The number of amides is 1. The van der Waals surface area contributed by atoms with Crippen molar-refractivity contribution in [2.45, 2.75) is 52.6 Å². The standard InChI is InChI=1S/C21H27FN4O2/c1-12(2)15-6-7-16(17(22)10-15)14(5)24-20-23-9-8-19(25-20)26-18(13(3)4)11-28-21(26)27/h6-10,12-14,18H,11H2,1-5H3,(H,23,24,25). The Hall–Kier alpha value is -2.70. The number of hydrogen-bond acceptors (Lipinski definition) is 5. The summed E-state index contributed by atoms with van der Waals surface area (Å²) in [6, 6.07) is 6.57. The molecule has 0 saturated carbocycles. The van der Waals surface area contributed by atoms with E-state index in [0.717, 1.165) is 5.56 Å². The van der Waals surface area contributed by atoms with Gasteiger partial charge in [-0.1, -0.05) is 39.8 Å². The van der Waals surface area contributed by atoms with Gasteiger partial charge in [0.15, 0.2) is 0 Å². The zero-order valence-corrected chi connectivity index (χ0v) is 16.9. The highest BCUT2D eigenvalue weighted by Crippen LogP contribution is 2.27. The van der Waals surface area contributed by atoms with E-state index in [1.54, 1.807) is 29.3 Å². The summed E-state index contributed by atoms with van der Waals surface area (Å²) in [6.07, 6.45) is 1.17. The van der Waals surface area contributed by atoms with E-state index in [1.165, 1.54) is 0 Å².